The predicted molar refractivity (Wildman–Crippen MR) is 95.6 cm³/mol. The molecule has 4 rings (SSSR count). The first-order valence-electron chi connectivity index (χ1n) is 8.44. The van der Waals surface area contributed by atoms with Crippen LogP contribution in [0, 0.1) is 0 Å². The maximum Gasteiger partial charge on any atom is 0.275 e. The lowest BCUT2D eigenvalue weighted by Crippen LogP contribution is -2.53. The molecule has 2 saturated heterocycles. The highest BCUT2D eigenvalue weighted by atomic mass is 32.2. The number of ether oxygens (including phenoxy) is 1. The highest BCUT2D eigenvalue weighted by molar-refractivity contribution is 7.99. The Morgan fingerprint density at radius 3 is 2.80 bits per heavy atom. The largest absolute Gasteiger partial charge is 0.365 e. The number of benzene rings is 1. The van der Waals surface area contributed by atoms with Crippen molar-refractivity contribution >= 4 is 34.5 Å². The summed E-state index contributed by atoms with van der Waals surface area (Å²) in [5, 5.41) is 7.86. The summed E-state index contributed by atoms with van der Waals surface area (Å²) in [7, 11) is 0. The number of morpholine rings is 1. The molecule has 7 nitrogen and oxygen atoms in total. The highest BCUT2D eigenvalue weighted by Gasteiger charge is 2.34. The zero-order valence-electron chi connectivity index (χ0n) is 13.8. The number of H-pyrrole nitrogens is 1. The van der Waals surface area contributed by atoms with Gasteiger partial charge < -0.3 is 14.5 Å². The van der Waals surface area contributed by atoms with Crippen molar-refractivity contribution in [2.24, 2.45) is 0 Å². The Labute approximate surface area is 149 Å². The predicted octanol–water partition coefficient (Wildman–Crippen LogP) is 0.979. The van der Waals surface area contributed by atoms with E-state index in [-0.39, 0.29) is 18.4 Å². The van der Waals surface area contributed by atoms with E-state index < -0.39 is 6.10 Å². The molecule has 0 spiro atoms. The van der Waals surface area contributed by atoms with Gasteiger partial charge in [-0.2, -0.15) is 16.9 Å². The first-order valence-corrected chi connectivity index (χ1v) is 9.60. The molecule has 132 valence electrons. The number of thioether (sulfide) groups is 1. The van der Waals surface area contributed by atoms with Gasteiger partial charge in [-0.05, 0) is 6.07 Å². The standard InChI is InChI=1S/C17H20N4O3S/c22-16(20-6-9-25-10-7-20)14-11-21(5-8-24-14)17(23)15-12-3-1-2-4-13(12)18-19-15/h1-4,14H,5-11H2,(H,18,19)/t14-/m1/s1. The maximum absolute atomic E-state index is 12.9. The minimum atomic E-state index is -0.578. The van der Waals surface area contributed by atoms with Gasteiger partial charge >= 0.3 is 0 Å². The lowest BCUT2D eigenvalue weighted by molar-refractivity contribution is -0.147. The van der Waals surface area contributed by atoms with Gasteiger partial charge in [-0.1, -0.05) is 18.2 Å². The Balaban J connectivity index is 1.49. The summed E-state index contributed by atoms with van der Waals surface area (Å²) in [6.07, 6.45) is -0.578. The summed E-state index contributed by atoms with van der Waals surface area (Å²) in [6.45, 7) is 2.62. The highest BCUT2D eigenvalue weighted by Crippen LogP contribution is 2.19. The van der Waals surface area contributed by atoms with Crippen LogP contribution in [0.15, 0.2) is 24.3 Å². The Morgan fingerprint density at radius 2 is 1.96 bits per heavy atom. The maximum atomic E-state index is 12.9. The molecule has 0 unspecified atom stereocenters. The molecule has 0 aliphatic carbocycles. The summed E-state index contributed by atoms with van der Waals surface area (Å²) in [5.41, 5.74) is 1.23. The average Bonchev–Trinajstić information content (AvgIpc) is 3.12. The summed E-state index contributed by atoms with van der Waals surface area (Å²) in [6, 6.07) is 7.55. The summed E-state index contributed by atoms with van der Waals surface area (Å²) < 4.78 is 5.66. The fourth-order valence-electron chi connectivity index (χ4n) is 3.25. The van der Waals surface area contributed by atoms with Gasteiger partial charge in [0.2, 0.25) is 0 Å². The van der Waals surface area contributed by atoms with Crippen molar-refractivity contribution in [1.82, 2.24) is 20.0 Å². The SMILES string of the molecule is O=C(c1n[nH]c2ccccc12)N1CCO[C@@H](C(=O)N2CCSCC2)C1. The molecule has 2 amide bonds. The molecule has 8 heteroatoms. The first-order chi connectivity index (χ1) is 12.2. The van der Waals surface area contributed by atoms with Gasteiger partial charge in [0, 0.05) is 36.5 Å². The van der Waals surface area contributed by atoms with E-state index in [9.17, 15) is 9.59 Å². The molecule has 1 aromatic carbocycles. The Hall–Kier alpha value is -2.06. The number of carbonyl (C=O) groups excluding carboxylic acids is 2. The van der Waals surface area contributed by atoms with E-state index >= 15 is 0 Å². The minimum Gasteiger partial charge on any atom is -0.365 e. The summed E-state index contributed by atoms with van der Waals surface area (Å²) in [4.78, 5) is 29.1. The van der Waals surface area contributed by atoms with E-state index in [1.165, 1.54) is 0 Å². The number of nitrogens with one attached hydrogen (secondary N) is 1. The van der Waals surface area contributed by atoms with Crippen LogP contribution < -0.4 is 0 Å². The van der Waals surface area contributed by atoms with Crippen LogP contribution in [0.2, 0.25) is 0 Å². The number of aromatic nitrogens is 2. The van der Waals surface area contributed by atoms with Crippen LogP contribution in [-0.4, -0.2) is 82.2 Å². The third kappa shape index (κ3) is 3.23. The van der Waals surface area contributed by atoms with Crippen LogP contribution in [0.4, 0.5) is 0 Å². The molecule has 2 aliphatic heterocycles. The van der Waals surface area contributed by atoms with Gasteiger partial charge in [0.05, 0.1) is 18.7 Å². The van der Waals surface area contributed by atoms with E-state index in [1.807, 2.05) is 40.9 Å². The van der Waals surface area contributed by atoms with Gasteiger partial charge in [-0.3, -0.25) is 14.7 Å². The summed E-state index contributed by atoms with van der Waals surface area (Å²) >= 11 is 1.86. The zero-order valence-corrected chi connectivity index (χ0v) is 14.6. The second-order valence-electron chi connectivity index (χ2n) is 6.17. The normalized spacial score (nSPS) is 21.5. The number of hydrogen-bond acceptors (Lipinski definition) is 5. The number of hydrogen-bond donors (Lipinski definition) is 1. The van der Waals surface area contributed by atoms with E-state index in [0.29, 0.717) is 18.8 Å². The van der Waals surface area contributed by atoms with Gasteiger partial charge in [0.25, 0.3) is 11.8 Å². The van der Waals surface area contributed by atoms with Crippen LogP contribution in [0.25, 0.3) is 10.9 Å². The van der Waals surface area contributed by atoms with Crippen LogP contribution in [0.3, 0.4) is 0 Å². The number of para-hydroxylation sites is 1. The van der Waals surface area contributed by atoms with Crippen molar-refractivity contribution in [2.45, 2.75) is 6.10 Å². The smallest absolute Gasteiger partial charge is 0.275 e. The second-order valence-corrected chi connectivity index (χ2v) is 7.39. The number of carbonyl (C=O) groups is 2. The van der Waals surface area contributed by atoms with Gasteiger partial charge in [0.1, 0.15) is 0 Å². The lowest BCUT2D eigenvalue weighted by Gasteiger charge is -2.35. The molecular weight excluding hydrogens is 340 g/mol. The second kappa shape index (κ2) is 7.05. The lowest BCUT2D eigenvalue weighted by atomic mass is 10.1. The number of aromatic amines is 1. The van der Waals surface area contributed by atoms with Crippen LogP contribution >= 0.6 is 11.8 Å². The van der Waals surface area contributed by atoms with Gasteiger partial charge in [-0.15, -0.1) is 0 Å². The fraction of sp³-hybridized carbons (Fsp3) is 0.471. The van der Waals surface area contributed by atoms with E-state index in [2.05, 4.69) is 10.2 Å². The molecular formula is C17H20N4O3S. The molecule has 2 fully saturated rings. The topological polar surface area (TPSA) is 78.5 Å². The first kappa shape index (κ1) is 16.4. The molecule has 0 bridgehead atoms. The van der Waals surface area contributed by atoms with Crippen LogP contribution in [0.5, 0.6) is 0 Å². The third-order valence-electron chi connectivity index (χ3n) is 4.62. The van der Waals surface area contributed by atoms with Crippen molar-refractivity contribution < 1.29 is 14.3 Å². The molecule has 0 radical (unpaired) electrons. The average molecular weight is 360 g/mol. The van der Waals surface area contributed by atoms with Crippen molar-refractivity contribution in [1.29, 1.82) is 0 Å². The Morgan fingerprint density at radius 1 is 1.16 bits per heavy atom. The van der Waals surface area contributed by atoms with Crippen LogP contribution in [0.1, 0.15) is 10.5 Å². The van der Waals surface area contributed by atoms with Crippen molar-refractivity contribution in [3.63, 3.8) is 0 Å². The Kier molecular flexibility index (Phi) is 4.63. The van der Waals surface area contributed by atoms with E-state index in [1.54, 1.807) is 4.90 Å². The van der Waals surface area contributed by atoms with E-state index in [4.69, 9.17) is 4.74 Å². The van der Waals surface area contributed by atoms with Gasteiger partial charge in [-0.25, -0.2) is 0 Å². The molecule has 25 heavy (non-hydrogen) atoms. The Bertz CT molecular complexity index is 787. The molecule has 2 aliphatic rings. The number of nitrogens with zero attached hydrogens (tertiary/aromatic N) is 3. The zero-order chi connectivity index (χ0) is 17.2. The summed E-state index contributed by atoms with van der Waals surface area (Å²) in [5.74, 6) is 1.75. The quantitative estimate of drug-likeness (QED) is 0.864. The van der Waals surface area contributed by atoms with Crippen LogP contribution in [-0.2, 0) is 9.53 Å². The number of rotatable bonds is 2. The molecule has 1 atom stereocenters. The third-order valence-corrected chi connectivity index (χ3v) is 5.57. The van der Waals surface area contributed by atoms with Gasteiger partial charge in [0.15, 0.2) is 11.8 Å². The molecule has 0 saturated carbocycles. The molecule has 2 aromatic rings. The monoisotopic (exact) mass is 360 g/mol. The number of amides is 2. The fourth-order valence-corrected chi connectivity index (χ4v) is 4.15. The number of fused-ring (bicyclic) bond motifs is 1. The molecule has 3 heterocycles. The molecule has 1 N–H and O–H groups in total. The minimum absolute atomic E-state index is 0.00955. The van der Waals surface area contributed by atoms with Crippen molar-refractivity contribution in [3.8, 4) is 0 Å². The van der Waals surface area contributed by atoms with E-state index in [0.717, 1.165) is 35.5 Å². The molecule has 1 aromatic heterocycles. The van der Waals surface area contributed by atoms with Crippen molar-refractivity contribution in [2.75, 3.05) is 44.3 Å². The van der Waals surface area contributed by atoms with Crippen molar-refractivity contribution in [3.05, 3.63) is 30.0 Å².